The Balaban J connectivity index is 4.44. The van der Waals surface area contributed by atoms with Gasteiger partial charge in [0.1, 0.15) is 13.2 Å². The monoisotopic (exact) mass is 718 g/mol. The van der Waals surface area contributed by atoms with Gasteiger partial charge in [-0.2, -0.15) is 0 Å². The van der Waals surface area contributed by atoms with Gasteiger partial charge in [0.2, 0.25) is 5.91 Å². The minimum atomic E-state index is -4.32. The second-order valence-electron chi connectivity index (χ2n) is 15.4. The van der Waals surface area contributed by atoms with Gasteiger partial charge in [-0.3, -0.25) is 13.8 Å². The molecular formula is C40H82N2O6P+. The average molecular weight is 718 g/mol. The lowest BCUT2D eigenvalue weighted by molar-refractivity contribution is -0.870. The lowest BCUT2D eigenvalue weighted by Gasteiger charge is -2.25. The van der Waals surface area contributed by atoms with Crippen molar-refractivity contribution in [2.45, 2.75) is 199 Å². The van der Waals surface area contributed by atoms with Crippen LogP contribution in [0.1, 0.15) is 187 Å². The molecule has 0 aromatic carbocycles. The van der Waals surface area contributed by atoms with Gasteiger partial charge in [0.15, 0.2) is 0 Å². The summed E-state index contributed by atoms with van der Waals surface area (Å²) in [5.41, 5.74) is 0. The van der Waals surface area contributed by atoms with Gasteiger partial charge in [-0.15, -0.1) is 0 Å². The largest absolute Gasteiger partial charge is 0.472 e. The van der Waals surface area contributed by atoms with Gasteiger partial charge in [-0.1, -0.05) is 174 Å². The van der Waals surface area contributed by atoms with Crippen LogP contribution < -0.4 is 5.32 Å². The topological polar surface area (TPSA) is 105 Å². The molecular weight excluding hydrogens is 635 g/mol. The average Bonchev–Trinajstić information content (AvgIpc) is 3.04. The number of nitrogens with one attached hydrogen (secondary N) is 1. The molecule has 0 aliphatic rings. The molecule has 0 aromatic heterocycles. The standard InChI is InChI=1S/C40H81N2O6P/c1-6-8-10-12-14-16-18-19-20-21-22-23-24-25-27-29-31-33-39(43)38(37-48-49(45,46)47-36-35-42(3,4)5)41-40(44)34-32-30-28-26-17-15-13-11-9-7-2/h31,33,38-39,43H,6-30,32,34-37H2,1-5H3,(H-,41,44,45,46)/p+1/b33-31+/t38-,39+/m0/s1. The van der Waals surface area contributed by atoms with Gasteiger partial charge < -0.3 is 19.8 Å². The first-order chi connectivity index (χ1) is 23.5. The fraction of sp³-hybridized carbons (Fsp3) is 0.925. The maximum absolute atomic E-state index is 12.8. The van der Waals surface area contributed by atoms with Crippen LogP contribution in [0.4, 0.5) is 0 Å². The number of unbranched alkanes of at least 4 members (excludes halogenated alkanes) is 24. The summed E-state index contributed by atoms with van der Waals surface area (Å²) in [6.07, 6.45) is 35.6. The van der Waals surface area contributed by atoms with E-state index in [1.807, 2.05) is 27.2 Å². The summed E-state index contributed by atoms with van der Waals surface area (Å²) in [6.45, 7) is 4.80. The normalized spacial score (nSPS) is 14.7. The number of rotatable bonds is 37. The second-order valence-corrected chi connectivity index (χ2v) is 16.8. The molecule has 0 rings (SSSR count). The fourth-order valence-electron chi connectivity index (χ4n) is 5.92. The van der Waals surface area contributed by atoms with Crippen molar-refractivity contribution >= 4 is 13.7 Å². The van der Waals surface area contributed by atoms with E-state index in [9.17, 15) is 19.4 Å². The molecule has 0 radical (unpaired) electrons. The van der Waals surface area contributed by atoms with E-state index in [4.69, 9.17) is 9.05 Å². The summed E-state index contributed by atoms with van der Waals surface area (Å²) in [5, 5.41) is 13.8. The van der Waals surface area contributed by atoms with Crippen molar-refractivity contribution in [3.63, 3.8) is 0 Å². The first kappa shape index (κ1) is 48.2. The number of hydrogen-bond donors (Lipinski definition) is 3. The smallest absolute Gasteiger partial charge is 0.387 e. The number of amides is 1. The zero-order chi connectivity index (χ0) is 36.5. The third-order valence-electron chi connectivity index (χ3n) is 9.26. The van der Waals surface area contributed by atoms with Gasteiger partial charge in [0, 0.05) is 6.42 Å². The number of phosphoric ester groups is 1. The van der Waals surface area contributed by atoms with E-state index in [0.29, 0.717) is 17.4 Å². The van der Waals surface area contributed by atoms with Crippen molar-refractivity contribution in [3.05, 3.63) is 12.2 Å². The highest BCUT2D eigenvalue weighted by Crippen LogP contribution is 2.43. The van der Waals surface area contributed by atoms with Crippen LogP contribution in [0.15, 0.2) is 12.2 Å². The van der Waals surface area contributed by atoms with Crippen LogP contribution in [0.5, 0.6) is 0 Å². The number of likely N-dealkylation sites (N-methyl/N-ethyl adjacent to an activating group) is 1. The molecule has 0 bridgehead atoms. The Morgan fingerprint density at radius 3 is 1.51 bits per heavy atom. The molecule has 0 aliphatic carbocycles. The Morgan fingerprint density at radius 2 is 1.08 bits per heavy atom. The number of carbonyl (C=O) groups excluding carboxylic acids is 1. The molecule has 8 nitrogen and oxygen atoms in total. The van der Waals surface area contributed by atoms with Crippen molar-refractivity contribution in [2.75, 3.05) is 40.9 Å². The molecule has 3 N–H and O–H groups in total. The third-order valence-corrected chi connectivity index (χ3v) is 10.2. The number of aliphatic hydroxyl groups is 1. The Hall–Kier alpha value is -0.760. The highest BCUT2D eigenvalue weighted by atomic mass is 31.2. The number of hydrogen-bond acceptors (Lipinski definition) is 5. The highest BCUT2D eigenvalue weighted by molar-refractivity contribution is 7.47. The Labute approximate surface area is 303 Å². The second kappa shape index (κ2) is 33.1. The molecule has 0 fully saturated rings. The minimum Gasteiger partial charge on any atom is -0.387 e. The van der Waals surface area contributed by atoms with E-state index < -0.39 is 20.0 Å². The molecule has 0 heterocycles. The minimum absolute atomic E-state index is 0.0642. The molecule has 1 unspecified atom stereocenters. The number of carbonyl (C=O) groups is 1. The summed E-state index contributed by atoms with van der Waals surface area (Å²) in [4.78, 5) is 23.0. The maximum atomic E-state index is 12.8. The quantitative estimate of drug-likeness (QED) is 0.0256. The molecule has 49 heavy (non-hydrogen) atoms. The zero-order valence-corrected chi connectivity index (χ0v) is 33.8. The summed E-state index contributed by atoms with van der Waals surface area (Å²) in [5.74, 6) is -0.179. The molecule has 0 spiro atoms. The summed E-state index contributed by atoms with van der Waals surface area (Å²) >= 11 is 0. The van der Waals surface area contributed by atoms with Crippen LogP contribution >= 0.6 is 7.82 Å². The molecule has 0 aromatic rings. The zero-order valence-electron chi connectivity index (χ0n) is 32.9. The number of aliphatic hydroxyl groups excluding tert-OH is 1. The van der Waals surface area contributed by atoms with Crippen LogP contribution in [0.2, 0.25) is 0 Å². The molecule has 3 atom stereocenters. The first-order valence-corrected chi connectivity index (χ1v) is 22.1. The van der Waals surface area contributed by atoms with E-state index >= 15 is 0 Å². The van der Waals surface area contributed by atoms with E-state index in [2.05, 4.69) is 19.2 Å². The maximum Gasteiger partial charge on any atom is 0.472 e. The van der Waals surface area contributed by atoms with Crippen LogP contribution in [0, 0.1) is 0 Å². The lowest BCUT2D eigenvalue weighted by atomic mass is 10.0. The lowest BCUT2D eigenvalue weighted by Crippen LogP contribution is -2.45. The number of allylic oxidation sites excluding steroid dienone is 1. The van der Waals surface area contributed by atoms with Crippen molar-refractivity contribution in [2.24, 2.45) is 0 Å². The molecule has 0 saturated heterocycles. The van der Waals surface area contributed by atoms with Gasteiger partial charge in [0.25, 0.3) is 0 Å². The molecule has 0 saturated carbocycles. The Kier molecular flexibility index (Phi) is 32.6. The molecule has 1 amide bonds. The Bertz CT molecular complexity index is 819. The number of nitrogens with zero attached hydrogens (tertiary/aromatic N) is 1. The van der Waals surface area contributed by atoms with Gasteiger partial charge in [0.05, 0.1) is 39.9 Å². The van der Waals surface area contributed by atoms with E-state index in [1.165, 1.54) is 135 Å². The van der Waals surface area contributed by atoms with Gasteiger partial charge in [-0.25, -0.2) is 4.57 Å². The first-order valence-electron chi connectivity index (χ1n) is 20.6. The van der Waals surface area contributed by atoms with Crippen LogP contribution in [0.3, 0.4) is 0 Å². The van der Waals surface area contributed by atoms with E-state index in [1.54, 1.807) is 6.08 Å². The van der Waals surface area contributed by atoms with Crippen LogP contribution in [-0.2, 0) is 18.4 Å². The number of quaternary nitrogens is 1. The predicted octanol–water partition coefficient (Wildman–Crippen LogP) is 10.8. The summed E-state index contributed by atoms with van der Waals surface area (Å²) in [7, 11) is 1.58. The summed E-state index contributed by atoms with van der Waals surface area (Å²) in [6, 6.07) is -0.838. The van der Waals surface area contributed by atoms with Crippen molar-refractivity contribution in [1.82, 2.24) is 5.32 Å². The molecule has 9 heteroatoms. The predicted molar refractivity (Wildman–Crippen MR) is 208 cm³/mol. The van der Waals surface area contributed by atoms with Gasteiger partial charge in [-0.05, 0) is 19.3 Å². The molecule has 0 aliphatic heterocycles. The highest BCUT2D eigenvalue weighted by Gasteiger charge is 2.27. The summed E-state index contributed by atoms with van der Waals surface area (Å²) < 4.78 is 23.5. The number of phosphoric acid groups is 1. The Morgan fingerprint density at radius 1 is 0.673 bits per heavy atom. The van der Waals surface area contributed by atoms with Gasteiger partial charge >= 0.3 is 7.82 Å². The van der Waals surface area contributed by atoms with E-state index in [-0.39, 0.29) is 19.1 Å². The van der Waals surface area contributed by atoms with Crippen molar-refractivity contribution in [3.8, 4) is 0 Å². The van der Waals surface area contributed by atoms with E-state index in [0.717, 1.165) is 32.1 Å². The van der Waals surface area contributed by atoms with Crippen molar-refractivity contribution < 1.29 is 32.9 Å². The fourth-order valence-corrected chi connectivity index (χ4v) is 6.66. The van der Waals surface area contributed by atoms with Crippen molar-refractivity contribution in [1.29, 1.82) is 0 Å². The van der Waals surface area contributed by atoms with Crippen LogP contribution in [-0.4, -0.2) is 73.4 Å². The third kappa shape index (κ3) is 35.4. The van der Waals surface area contributed by atoms with Crippen LogP contribution in [0.25, 0.3) is 0 Å². The SMILES string of the molecule is CCCCCCCCCCCCCCCCC/C=C/[C@@H](O)[C@H](COP(=O)(O)OCC[N+](C)(C)C)NC(=O)CCCCCCCCCCCC. The molecule has 292 valence electrons.